The van der Waals surface area contributed by atoms with E-state index in [0.717, 1.165) is 38.4 Å². The Kier molecular flexibility index (Phi) is 2.84. The maximum atomic E-state index is 12.6. The molecule has 3 nitrogen and oxygen atoms in total. The summed E-state index contributed by atoms with van der Waals surface area (Å²) >= 11 is 0. The van der Waals surface area contributed by atoms with E-state index >= 15 is 0 Å². The second-order valence-electron chi connectivity index (χ2n) is 6.63. The molecule has 1 atom stereocenters. The highest BCUT2D eigenvalue weighted by Crippen LogP contribution is 2.48. The van der Waals surface area contributed by atoms with Crippen LogP contribution in [-0.4, -0.2) is 36.0 Å². The molecule has 1 aromatic carbocycles. The van der Waals surface area contributed by atoms with Gasteiger partial charge in [-0.15, -0.1) is 0 Å². The van der Waals surface area contributed by atoms with E-state index in [4.69, 9.17) is 0 Å². The molecule has 3 fully saturated rings. The van der Waals surface area contributed by atoms with E-state index in [1.54, 1.807) is 0 Å². The maximum Gasteiger partial charge on any atom is 0.230 e. The number of carbonyl (C=O) groups is 1. The van der Waals surface area contributed by atoms with Crippen LogP contribution >= 0.6 is 0 Å². The molecule has 1 amide bonds. The summed E-state index contributed by atoms with van der Waals surface area (Å²) in [6.07, 6.45) is 5.83. The third-order valence-corrected chi connectivity index (χ3v) is 5.13. The van der Waals surface area contributed by atoms with Gasteiger partial charge in [0.1, 0.15) is 0 Å². The summed E-state index contributed by atoms with van der Waals surface area (Å²) in [5, 5.41) is 3.31. The topological polar surface area (TPSA) is 32.3 Å². The first kappa shape index (κ1) is 12.4. The first-order valence-electron chi connectivity index (χ1n) is 7.88. The van der Waals surface area contributed by atoms with Crippen LogP contribution in [0.15, 0.2) is 30.3 Å². The molecular weight excluding hydrogens is 248 g/mol. The molecule has 1 heterocycles. The molecule has 1 aromatic rings. The van der Waals surface area contributed by atoms with Crippen LogP contribution in [-0.2, 0) is 10.2 Å². The number of nitrogens with one attached hydrogen (secondary N) is 1. The molecule has 0 aromatic heterocycles. The number of nitrogens with zero attached hydrogens (tertiary/aromatic N) is 1. The molecule has 106 valence electrons. The summed E-state index contributed by atoms with van der Waals surface area (Å²) in [6.45, 7) is 2.22. The van der Waals surface area contributed by atoms with Gasteiger partial charge in [-0.1, -0.05) is 30.3 Å². The average molecular weight is 270 g/mol. The molecule has 1 N–H and O–H groups in total. The molecule has 4 rings (SSSR count). The molecule has 1 unspecified atom stereocenters. The van der Waals surface area contributed by atoms with E-state index in [2.05, 4.69) is 22.3 Å². The first-order valence-corrected chi connectivity index (χ1v) is 7.88. The SMILES string of the molecule is O=C(NC1CCN(C2CC2)C1)C1(c2ccccc2)CC1. The van der Waals surface area contributed by atoms with Crippen LogP contribution in [0, 0.1) is 0 Å². The van der Waals surface area contributed by atoms with Crippen LogP contribution < -0.4 is 5.32 Å². The van der Waals surface area contributed by atoms with Crippen molar-refractivity contribution in [1.82, 2.24) is 10.2 Å². The van der Waals surface area contributed by atoms with Gasteiger partial charge in [0.15, 0.2) is 0 Å². The fourth-order valence-corrected chi connectivity index (χ4v) is 3.53. The second-order valence-corrected chi connectivity index (χ2v) is 6.63. The predicted molar refractivity (Wildman–Crippen MR) is 78.5 cm³/mol. The van der Waals surface area contributed by atoms with Crippen LogP contribution in [0.1, 0.15) is 37.7 Å². The van der Waals surface area contributed by atoms with Crippen molar-refractivity contribution in [2.75, 3.05) is 13.1 Å². The van der Waals surface area contributed by atoms with Gasteiger partial charge in [-0.3, -0.25) is 9.69 Å². The van der Waals surface area contributed by atoms with E-state index in [9.17, 15) is 4.79 Å². The Balaban J connectivity index is 1.41. The minimum Gasteiger partial charge on any atom is -0.351 e. The molecule has 1 aliphatic heterocycles. The lowest BCUT2D eigenvalue weighted by molar-refractivity contribution is -0.124. The number of hydrogen-bond acceptors (Lipinski definition) is 2. The summed E-state index contributed by atoms with van der Waals surface area (Å²) < 4.78 is 0. The Bertz CT molecular complexity index is 505. The zero-order valence-electron chi connectivity index (χ0n) is 11.8. The van der Waals surface area contributed by atoms with Crippen molar-refractivity contribution in [1.29, 1.82) is 0 Å². The van der Waals surface area contributed by atoms with E-state index < -0.39 is 0 Å². The van der Waals surface area contributed by atoms with Gasteiger partial charge in [0, 0.05) is 25.2 Å². The Morgan fingerprint density at radius 3 is 2.55 bits per heavy atom. The number of rotatable bonds is 4. The zero-order valence-corrected chi connectivity index (χ0v) is 11.8. The van der Waals surface area contributed by atoms with E-state index in [1.165, 1.54) is 18.4 Å². The standard InChI is InChI=1S/C17H22N2O/c20-16(17(9-10-17)13-4-2-1-3-5-13)18-14-8-11-19(12-14)15-6-7-15/h1-5,14-15H,6-12H2,(H,18,20). The Labute approximate surface area is 120 Å². The summed E-state index contributed by atoms with van der Waals surface area (Å²) in [4.78, 5) is 15.2. The number of carbonyl (C=O) groups excluding carboxylic acids is 1. The highest BCUT2D eigenvalue weighted by atomic mass is 16.2. The number of amides is 1. The Morgan fingerprint density at radius 1 is 1.15 bits per heavy atom. The number of likely N-dealkylation sites (tertiary alicyclic amines) is 1. The van der Waals surface area contributed by atoms with Crippen molar-refractivity contribution < 1.29 is 4.79 Å². The van der Waals surface area contributed by atoms with Crippen LogP contribution in [0.4, 0.5) is 0 Å². The van der Waals surface area contributed by atoms with Gasteiger partial charge < -0.3 is 5.32 Å². The minimum atomic E-state index is -0.214. The molecular formula is C17H22N2O. The van der Waals surface area contributed by atoms with Crippen molar-refractivity contribution in [2.45, 2.75) is 49.6 Å². The monoisotopic (exact) mass is 270 g/mol. The van der Waals surface area contributed by atoms with Crippen molar-refractivity contribution in [3.05, 3.63) is 35.9 Å². The van der Waals surface area contributed by atoms with Crippen LogP contribution in [0.3, 0.4) is 0 Å². The lowest BCUT2D eigenvalue weighted by Gasteiger charge is -2.20. The van der Waals surface area contributed by atoms with Crippen LogP contribution in [0.5, 0.6) is 0 Å². The van der Waals surface area contributed by atoms with E-state index in [-0.39, 0.29) is 11.3 Å². The molecule has 0 spiro atoms. The minimum absolute atomic E-state index is 0.214. The predicted octanol–water partition coefficient (Wildman–Crippen LogP) is 2.07. The largest absolute Gasteiger partial charge is 0.351 e. The number of benzene rings is 1. The summed E-state index contributed by atoms with van der Waals surface area (Å²) in [6, 6.07) is 11.5. The van der Waals surface area contributed by atoms with Crippen molar-refractivity contribution >= 4 is 5.91 Å². The Hall–Kier alpha value is -1.35. The van der Waals surface area contributed by atoms with E-state index in [1.807, 2.05) is 18.2 Å². The van der Waals surface area contributed by atoms with Crippen molar-refractivity contribution in [2.24, 2.45) is 0 Å². The van der Waals surface area contributed by atoms with Gasteiger partial charge in [0.05, 0.1) is 5.41 Å². The summed E-state index contributed by atoms with van der Waals surface area (Å²) in [7, 11) is 0. The van der Waals surface area contributed by atoms with Gasteiger partial charge in [0.25, 0.3) is 0 Å². The molecule has 3 aliphatic rings. The second kappa shape index (κ2) is 4.59. The molecule has 2 saturated carbocycles. The zero-order chi connectivity index (χ0) is 13.6. The van der Waals surface area contributed by atoms with Gasteiger partial charge >= 0.3 is 0 Å². The summed E-state index contributed by atoms with van der Waals surface area (Å²) in [5.41, 5.74) is 0.975. The smallest absolute Gasteiger partial charge is 0.230 e. The highest BCUT2D eigenvalue weighted by Gasteiger charge is 2.51. The van der Waals surface area contributed by atoms with Gasteiger partial charge in [-0.05, 0) is 37.7 Å². The molecule has 3 heteroatoms. The fourth-order valence-electron chi connectivity index (χ4n) is 3.53. The molecule has 1 saturated heterocycles. The molecule has 2 aliphatic carbocycles. The fraction of sp³-hybridized carbons (Fsp3) is 0.588. The lowest BCUT2D eigenvalue weighted by atomic mass is 9.94. The van der Waals surface area contributed by atoms with E-state index in [0.29, 0.717) is 6.04 Å². The first-order chi connectivity index (χ1) is 9.78. The molecule has 20 heavy (non-hydrogen) atoms. The normalized spacial score (nSPS) is 28.3. The van der Waals surface area contributed by atoms with Crippen LogP contribution in [0.25, 0.3) is 0 Å². The van der Waals surface area contributed by atoms with Crippen LogP contribution in [0.2, 0.25) is 0 Å². The number of hydrogen-bond donors (Lipinski definition) is 1. The third-order valence-electron chi connectivity index (χ3n) is 5.13. The van der Waals surface area contributed by atoms with Gasteiger partial charge in [0.2, 0.25) is 5.91 Å². The Morgan fingerprint density at radius 2 is 1.90 bits per heavy atom. The molecule has 0 bridgehead atoms. The highest BCUT2D eigenvalue weighted by molar-refractivity contribution is 5.91. The quantitative estimate of drug-likeness (QED) is 0.908. The average Bonchev–Trinajstić information content (AvgIpc) is 3.39. The molecule has 0 radical (unpaired) electrons. The van der Waals surface area contributed by atoms with Crippen molar-refractivity contribution in [3.63, 3.8) is 0 Å². The maximum absolute atomic E-state index is 12.6. The van der Waals surface area contributed by atoms with Gasteiger partial charge in [-0.2, -0.15) is 0 Å². The third kappa shape index (κ3) is 2.14. The lowest BCUT2D eigenvalue weighted by Crippen LogP contribution is -2.43. The summed E-state index contributed by atoms with van der Waals surface area (Å²) in [5.74, 6) is 0.256. The van der Waals surface area contributed by atoms with Gasteiger partial charge in [-0.25, -0.2) is 0 Å². The van der Waals surface area contributed by atoms with Crippen molar-refractivity contribution in [3.8, 4) is 0 Å².